The standard InChI is InChI=1S/C17H13ClO3S/c18-14-3-1-2-13-15(20)10-16(22-17(13)14)11-4-6-12(7-5-11)21-9-8-19/h1-7,10,19H,8-9H2. The van der Waals surface area contributed by atoms with E-state index in [4.69, 9.17) is 21.4 Å². The molecule has 5 heteroatoms. The first-order valence-corrected chi connectivity index (χ1v) is 7.95. The minimum absolute atomic E-state index is 0.0213. The lowest BCUT2D eigenvalue weighted by Crippen LogP contribution is -2.01. The molecule has 1 N–H and O–H groups in total. The summed E-state index contributed by atoms with van der Waals surface area (Å²) in [6.07, 6.45) is 0. The van der Waals surface area contributed by atoms with Crippen molar-refractivity contribution in [3.05, 3.63) is 63.8 Å². The fourth-order valence-electron chi connectivity index (χ4n) is 2.16. The molecule has 22 heavy (non-hydrogen) atoms. The van der Waals surface area contributed by atoms with Crippen molar-refractivity contribution < 1.29 is 9.84 Å². The number of hydrogen-bond acceptors (Lipinski definition) is 4. The van der Waals surface area contributed by atoms with Gasteiger partial charge in [0.05, 0.1) is 16.3 Å². The second-order valence-electron chi connectivity index (χ2n) is 4.69. The van der Waals surface area contributed by atoms with Gasteiger partial charge < -0.3 is 9.84 Å². The number of benzene rings is 2. The van der Waals surface area contributed by atoms with Gasteiger partial charge in [0.1, 0.15) is 12.4 Å². The topological polar surface area (TPSA) is 46.5 Å². The van der Waals surface area contributed by atoms with E-state index in [2.05, 4.69) is 0 Å². The number of aliphatic hydroxyl groups is 1. The summed E-state index contributed by atoms with van der Waals surface area (Å²) < 4.78 is 6.13. The van der Waals surface area contributed by atoms with Crippen molar-refractivity contribution in [3.63, 3.8) is 0 Å². The molecule has 0 aliphatic carbocycles. The lowest BCUT2D eigenvalue weighted by molar-refractivity contribution is 0.201. The molecule has 0 radical (unpaired) electrons. The van der Waals surface area contributed by atoms with Crippen LogP contribution in [0.1, 0.15) is 0 Å². The molecule has 0 aliphatic rings. The Kier molecular flexibility index (Phi) is 4.43. The SMILES string of the molecule is O=c1cc(-c2ccc(OCCO)cc2)sc2c(Cl)cccc12. The van der Waals surface area contributed by atoms with Gasteiger partial charge in [0.2, 0.25) is 0 Å². The predicted molar refractivity (Wildman–Crippen MR) is 91.1 cm³/mol. The zero-order valence-electron chi connectivity index (χ0n) is 11.6. The molecule has 2 aromatic carbocycles. The molecule has 0 spiro atoms. The van der Waals surface area contributed by atoms with Crippen molar-refractivity contribution >= 4 is 33.0 Å². The minimum atomic E-state index is -0.0353. The summed E-state index contributed by atoms with van der Waals surface area (Å²) in [5.41, 5.74) is 0.895. The monoisotopic (exact) mass is 332 g/mol. The van der Waals surface area contributed by atoms with E-state index in [9.17, 15) is 4.79 Å². The van der Waals surface area contributed by atoms with Gasteiger partial charge in [0.25, 0.3) is 0 Å². The van der Waals surface area contributed by atoms with E-state index in [1.165, 1.54) is 11.3 Å². The Labute approximate surface area is 136 Å². The van der Waals surface area contributed by atoms with Crippen LogP contribution in [0.2, 0.25) is 5.02 Å². The van der Waals surface area contributed by atoms with Crippen LogP contribution >= 0.6 is 22.9 Å². The molecule has 3 nitrogen and oxygen atoms in total. The van der Waals surface area contributed by atoms with Crippen LogP contribution in [0.4, 0.5) is 0 Å². The maximum Gasteiger partial charge on any atom is 0.188 e. The highest BCUT2D eigenvalue weighted by Crippen LogP contribution is 2.32. The van der Waals surface area contributed by atoms with Crippen molar-refractivity contribution in [1.29, 1.82) is 0 Å². The van der Waals surface area contributed by atoms with Gasteiger partial charge in [-0.25, -0.2) is 0 Å². The molecule has 0 unspecified atom stereocenters. The van der Waals surface area contributed by atoms with E-state index in [1.807, 2.05) is 24.3 Å². The van der Waals surface area contributed by atoms with Crippen LogP contribution in [0.3, 0.4) is 0 Å². The number of ether oxygens (including phenoxy) is 1. The maximum absolute atomic E-state index is 12.2. The summed E-state index contributed by atoms with van der Waals surface area (Å²) in [6.45, 7) is 0.241. The lowest BCUT2D eigenvalue weighted by Gasteiger charge is -2.07. The lowest BCUT2D eigenvalue weighted by atomic mass is 10.1. The van der Waals surface area contributed by atoms with Crippen LogP contribution in [0.15, 0.2) is 53.3 Å². The third kappa shape index (κ3) is 2.99. The van der Waals surface area contributed by atoms with Gasteiger partial charge in [0.15, 0.2) is 5.43 Å². The van der Waals surface area contributed by atoms with Gasteiger partial charge >= 0.3 is 0 Å². The summed E-state index contributed by atoms with van der Waals surface area (Å²) in [5, 5.41) is 9.98. The van der Waals surface area contributed by atoms with Crippen LogP contribution in [0, 0.1) is 0 Å². The molecule has 3 rings (SSSR count). The minimum Gasteiger partial charge on any atom is -0.491 e. The van der Waals surface area contributed by atoms with Gasteiger partial charge in [-0.1, -0.05) is 17.7 Å². The van der Waals surface area contributed by atoms with E-state index in [0.29, 0.717) is 16.2 Å². The van der Waals surface area contributed by atoms with Crippen LogP contribution in [-0.2, 0) is 0 Å². The molecule has 1 heterocycles. The molecular weight excluding hydrogens is 320 g/mol. The van der Waals surface area contributed by atoms with E-state index < -0.39 is 0 Å². The largest absolute Gasteiger partial charge is 0.491 e. The molecule has 0 atom stereocenters. The summed E-state index contributed by atoms with van der Waals surface area (Å²) in [7, 11) is 0. The van der Waals surface area contributed by atoms with E-state index in [1.54, 1.807) is 24.3 Å². The zero-order valence-corrected chi connectivity index (χ0v) is 13.2. The first-order chi connectivity index (χ1) is 10.7. The highest BCUT2D eigenvalue weighted by molar-refractivity contribution is 7.22. The highest BCUT2D eigenvalue weighted by Gasteiger charge is 2.08. The number of halogens is 1. The second-order valence-corrected chi connectivity index (χ2v) is 6.15. The fourth-order valence-corrected chi connectivity index (χ4v) is 3.54. The quantitative estimate of drug-likeness (QED) is 0.786. The molecule has 0 bridgehead atoms. The second kappa shape index (κ2) is 6.48. The van der Waals surface area contributed by atoms with Crippen LogP contribution in [-0.4, -0.2) is 18.3 Å². The van der Waals surface area contributed by atoms with Crippen LogP contribution < -0.4 is 10.2 Å². The Morgan fingerprint density at radius 1 is 1.14 bits per heavy atom. The Balaban J connectivity index is 2.03. The number of rotatable bonds is 4. The average Bonchev–Trinajstić information content (AvgIpc) is 2.54. The fraction of sp³-hybridized carbons (Fsp3) is 0.118. The molecule has 0 fully saturated rings. The number of hydrogen-bond donors (Lipinski definition) is 1. The van der Waals surface area contributed by atoms with Crippen LogP contribution in [0.25, 0.3) is 20.5 Å². The molecule has 0 aliphatic heterocycles. The predicted octanol–water partition coefficient (Wildman–Crippen LogP) is 3.95. The summed E-state index contributed by atoms with van der Waals surface area (Å²) >= 11 is 7.69. The van der Waals surface area contributed by atoms with Crippen molar-refractivity contribution in [2.24, 2.45) is 0 Å². The highest BCUT2D eigenvalue weighted by atomic mass is 35.5. The normalized spacial score (nSPS) is 10.8. The van der Waals surface area contributed by atoms with Crippen molar-refractivity contribution in [2.75, 3.05) is 13.2 Å². The zero-order chi connectivity index (χ0) is 15.5. The molecule has 0 saturated heterocycles. The van der Waals surface area contributed by atoms with Crippen molar-refractivity contribution in [1.82, 2.24) is 0 Å². The van der Waals surface area contributed by atoms with Gasteiger partial charge in [-0.2, -0.15) is 0 Å². The van der Waals surface area contributed by atoms with Crippen molar-refractivity contribution in [2.45, 2.75) is 0 Å². The van der Waals surface area contributed by atoms with Crippen LogP contribution in [0.5, 0.6) is 5.75 Å². The third-order valence-corrected chi connectivity index (χ3v) is 4.85. The average molecular weight is 333 g/mol. The third-order valence-electron chi connectivity index (χ3n) is 3.21. The molecular formula is C17H13ClO3S. The molecule has 0 amide bonds. The summed E-state index contributed by atoms with van der Waals surface area (Å²) in [6, 6.07) is 14.4. The molecule has 112 valence electrons. The Bertz CT molecular complexity index is 856. The molecule has 0 saturated carbocycles. The van der Waals surface area contributed by atoms with Gasteiger partial charge in [-0.15, -0.1) is 11.3 Å². The first kappa shape index (κ1) is 15.0. The van der Waals surface area contributed by atoms with Crippen molar-refractivity contribution in [3.8, 4) is 16.2 Å². The molecule has 1 aromatic heterocycles. The Morgan fingerprint density at radius 3 is 2.64 bits per heavy atom. The smallest absolute Gasteiger partial charge is 0.188 e. The van der Waals surface area contributed by atoms with Gasteiger partial charge in [-0.05, 0) is 42.0 Å². The first-order valence-electron chi connectivity index (χ1n) is 6.75. The van der Waals surface area contributed by atoms with Gasteiger partial charge in [-0.3, -0.25) is 4.79 Å². The maximum atomic E-state index is 12.2. The van der Waals surface area contributed by atoms with Gasteiger partial charge in [0, 0.05) is 16.3 Å². The number of aliphatic hydroxyl groups excluding tert-OH is 1. The summed E-state index contributed by atoms with van der Waals surface area (Å²) in [4.78, 5) is 13.1. The Morgan fingerprint density at radius 2 is 1.91 bits per heavy atom. The molecule has 3 aromatic rings. The summed E-state index contributed by atoms with van der Waals surface area (Å²) in [5.74, 6) is 0.684. The van der Waals surface area contributed by atoms with E-state index >= 15 is 0 Å². The Hall–Kier alpha value is -1.88. The van der Waals surface area contributed by atoms with E-state index in [-0.39, 0.29) is 18.6 Å². The van der Waals surface area contributed by atoms with E-state index in [0.717, 1.165) is 15.1 Å². The number of fused-ring (bicyclic) bond motifs is 1.